The summed E-state index contributed by atoms with van der Waals surface area (Å²) in [6.07, 6.45) is 4.59. The highest BCUT2D eigenvalue weighted by Gasteiger charge is 2.41. The Morgan fingerprint density at radius 2 is 1.80 bits per heavy atom. The van der Waals surface area contributed by atoms with Crippen LogP contribution >= 0.6 is 0 Å². The Labute approximate surface area is 149 Å². The van der Waals surface area contributed by atoms with Crippen molar-refractivity contribution >= 4 is 5.78 Å². The molecule has 2 aliphatic heterocycles. The number of carbonyl (C=O) groups is 1. The molecule has 0 fully saturated rings. The number of ether oxygens (including phenoxy) is 2. The van der Waals surface area contributed by atoms with Crippen LogP contribution in [-0.2, 0) is 11.2 Å². The smallest absolute Gasteiger partial charge is 0.161 e. The molecule has 0 bridgehead atoms. The molecule has 4 nitrogen and oxygen atoms in total. The van der Waals surface area contributed by atoms with Gasteiger partial charge in [-0.05, 0) is 54.4 Å². The third kappa shape index (κ3) is 2.62. The summed E-state index contributed by atoms with van der Waals surface area (Å²) in [5, 5.41) is 0. The van der Waals surface area contributed by atoms with E-state index in [1.807, 2.05) is 0 Å². The normalized spacial score (nSPS) is 24.4. The van der Waals surface area contributed by atoms with Crippen molar-refractivity contribution in [1.29, 1.82) is 0 Å². The molecule has 0 amide bonds. The standard InChI is InChI=1S/C21H27NO3/c1-21(2)11-17-14(18(23)12-21)5-6-16-15-10-20(25-4)19(24-3)9-13(15)7-8-22(16)17/h9-10,16H,5-8,11-12H2,1-4H3. The number of methoxy groups -OCH3 is 2. The van der Waals surface area contributed by atoms with Gasteiger partial charge in [-0.1, -0.05) is 13.8 Å². The maximum atomic E-state index is 12.6. The van der Waals surface area contributed by atoms with Crippen LogP contribution in [-0.4, -0.2) is 31.4 Å². The van der Waals surface area contributed by atoms with E-state index in [-0.39, 0.29) is 5.41 Å². The summed E-state index contributed by atoms with van der Waals surface area (Å²) in [6.45, 7) is 5.41. The van der Waals surface area contributed by atoms with E-state index in [2.05, 4.69) is 30.9 Å². The molecule has 1 atom stereocenters. The van der Waals surface area contributed by atoms with Crippen molar-refractivity contribution in [1.82, 2.24) is 4.90 Å². The molecule has 134 valence electrons. The Bertz CT molecular complexity index is 763. The van der Waals surface area contributed by atoms with Crippen LogP contribution in [0.3, 0.4) is 0 Å². The Morgan fingerprint density at radius 3 is 2.52 bits per heavy atom. The maximum absolute atomic E-state index is 12.6. The van der Waals surface area contributed by atoms with Crippen LogP contribution < -0.4 is 9.47 Å². The van der Waals surface area contributed by atoms with E-state index in [4.69, 9.17) is 9.47 Å². The van der Waals surface area contributed by atoms with Gasteiger partial charge in [0.15, 0.2) is 17.3 Å². The summed E-state index contributed by atoms with van der Waals surface area (Å²) in [6, 6.07) is 4.63. The quantitative estimate of drug-likeness (QED) is 0.814. The van der Waals surface area contributed by atoms with Gasteiger partial charge in [-0.25, -0.2) is 0 Å². The topological polar surface area (TPSA) is 38.8 Å². The van der Waals surface area contributed by atoms with Crippen molar-refractivity contribution in [2.45, 2.75) is 52.0 Å². The second-order valence-corrected chi connectivity index (χ2v) is 8.27. The minimum atomic E-state index is 0.0652. The minimum absolute atomic E-state index is 0.0652. The van der Waals surface area contributed by atoms with Crippen molar-refractivity contribution in [3.05, 3.63) is 34.5 Å². The van der Waals surface area contributed by atoms with Gasteiger partial charge in [0, 0.05) is 24.2 Å². The largest absolute Gasteiger partial charge is 0.493 e. The van der Waals surface area contributed by atoms with E-state index in [1.54, 1.807) is 14.2 Å². The number of rotatable bonds is 2. The van der Waals surface area contributed by atoms with Crippen molar-refractivity contribution < 1.29 is 14.3 Å². The third-order valence-electron chi connectivity index (χ3n) is 5.99. The summed E-state index contributed by atoms with van der Waals surface area (Å²) in [5.74, 6) is 1.96. The lowest BCUT2D eigenvalue weighted by Crippen LogP contribution is -2.42. The molecule has 2 heterocycles. The van der Waals surface area contributed by atoms with Crippen LogP contribution in [0.2, 0.25) is 0 Å². The van der Waals surface area contributed by atoms with Gasteiger partial charge >= 0.3 is 0 Å². The average molecular weight is 341 g/mol. The number of benzene rings is 1. The van der Waals surface area contributed by atoms with Crippen LogP contribution in [0.25, 0.3) is 0 Å². The van der Waals surface area contributed by atoms with Crippen molar-refractivity contribution in [3.8, 4) is 11.5 Å². The summed E-state index contributed by atoms with van der Waals surface area (Å²) in [5.41, 5.74) is 5.16. The van der Waals surface area contributed by atoms with E-state index in [0.29, 0.717) is 18.2 Å². The Hall–Kier alpha value is -1.97. The highest BCUT2D eigenvalue weighted by Crippen LogP contribution is 2.49. The number of carbonyl (C=O) groups excluding carboxylic acids is 1. The fraction of sp³-hybridized carbons (Fsp3) is 0.571. The fourth-order valence-corrected chi connectivity index (χ4v) is 4.83. The highest BCUT2D eigenvalue weighted by molar-refractivity contribution is 5.97. The molecule has 0 saturated heterocycles. The summed E-state index contributed by atoms with van der Waals surface area (Å²) < 4.78 is 11.0. The van der Waals surface area contributed by atoms with Crippen molar-refractivity contribution in [2.24, 2.45) is 5.41 Å². The van der Waals surface area contributed by atoms with E-state index < -0.39 is 0 Å². The first kappa shape index (κ1) is 16.5. The predicted molar refractivity (Wildman–Crippen MR) is 97.0 cm³/mol. The van der Waals surface area contributed by atoms with Crippen molar-refractivity contribution in [2.75, 3.05) is 20.8 Å². The fourth-order valence-electron chi connectivity index (χ4n) is 4.83. The number of hydrogen-bond donors (Lipinski definition) is 0. The number of allylic oxidation sites excluding steroid dienone is 2. The number of hydrogen-bond acceptors (Lipinski definition) is 4. The van der Waals surface area contributed by atoms with Crippen LogP contribution in [0.5, 0.6) is 11.5 Å². The second kappa shape index (κ2) is 5.79. The summed E-state index contributed by atoms with van der Waals surface area (Å²) in [7, 11) is 3.38. The molecule has 1 aliphatic carbocycles. The molecule has 25 heavy (non-hydrogen) atoms. The molecule has 1 aromatic carbocycles. The molecule has 1 aromatic rings. The molecular formula is C21H27NO3. The van der Waals surface area contributed by atoms with Crippen LogP contribution in [0, 0.1) is 5.41 Å². The molecule has 0 saturated carbocycles. The molecule has 0 N–H and O–H groups in total. The summed E-state index contributed by atoms with van der Waals surface area (Å²) >= 11 is 0. The van der Waals surface area contributed by atoms with Gasteiger partial charge in [-0.3, -0.25) is 4.79 Å². The SMILES string of the molecule is COc1cc2c(cc1OC)C1CCC3=C(CC(C)(C)CC3=O)N1CC2. The van der Waals surface area contributed by atoms with Gasteiger partial charge in [0.25, 0.3) is 0 Å². The molecule has 3 aliphatic rings. The maximum Gasteiger partial charge on any atom is 0.161 e. The predicted octanol–water partition coefficient (Wildman–Crippen LogP) is 4.04. The Morgan fingerprint density at radius 1 is 1.08 bits per heavy atom. The van der Waals surface area contributed by atoms with Crippen molar-refractivity contribution in [3.63, 3.8) is 0 Å². The number of fused-ring (bicyclic) bond motifs is 4. The summed E-state index contributed by atoms with van der Waals surface area (Å²) in [4.78, 5) is 15.1. The first-order valence-corrected chi connectivity index (χ1v) is 9.20. The van der Waals surface area contributed by atoms with Gasteiger partial charge in [-0.2, -0.15) is 0 Å². The Kier molecular flexibility index (Phi) is 3.82. The lowest BCUT2D eigenvalue weighted by molar-refractivity contribution is -0.119. The third-order valence-corrected chi connectivity index (χ3v) is 5.99. The molecule has 0 radical (unpaired) electrons. The lowest BCUT2D eigenvalue weighted by Gasteiger charge is -2.48. The Balaban J connectivity index is 1.76. The average Bonchev–Trinajstić information content (AvgIpc) is 2.58. The van der Waals surface area contributed by atoms with Gasteiger partial charge < -0.3 is 14.4 Å². The molecule has 4 rings (SSSR count). The zero-order chi connectivity index (χ0) is 17.8. The second-order valence-electron chi connectivity index (χ2n) is 8.27. The molecular weight excluding hydrogens is 314 g/mol. The first-order chi connectivity index (χ1) is 11.9. The van der Waals surface area contributed by atoms with E-state index in [0.717, 1.165) is 49.3 Å². The molecule has 4 heteroatoms. The number of Topliss-reactive ketones (excluding diaryl/α,β-unsaturated/α-hetero) is 1. The van der Waals surface area contributed by atoms with Crippen LogP contribution in [0.15, 0.2) is 23.4 Å². The van der Waals surface area contributed by atoms with Gasteiger partial charge in [0.05, 0.1) is 20.3 Å². The van der Waals surface area contributed by atoms with Gasteiger partial charge in [-0.15, -0.1) is 0 Å². The van der Waals surface area contributed by atoms with Crippen LogP contribution in [0.1, 0.15) is 56.7 Å². The van der Waals surface area contributed by atoms with Gasteiger partial charge in [0.2, 0.25) is 0 Å². The minimum Gasteiger partial charge on any atom is -0.493 e. The molecule has 0 aromatic heterocycles. The monoisotopic (exact) mass is 341 g/mol. The lowest BCUT2D eigenvalue weighted by atomic mass is 9.71. The first-order valence-electron chi connectivity index (χ1n) is 9.20. The zero-order valence-corrected chi connectivity index (χ0v) is 15.6. The number of ketones is 1. The van der Waals surface area contributed by atoms with E-state index in [1.165, 1.54) is 16.8 Å². The molecule has 0 spiro atoms. The van der Waals surface area contributed by atoms with Crippen LogP contribution in [0.4, 0.5) is 0 Å². The van der Waals surface area contributed by atoms with E-state index in [9.17, 15) is 4.79 Å². The number of nitrogens with zero attached hydrogens (tertiary/aromatic N) is 1. The van der Waals surface area contributed by atoms with Gasteiger partial charge in [0.1, 0.15) is 0 Å². The highest BCUT2D eigenvalue weighted by atomic mass is 16.5. The molecule has 1 unspecified atom stereocenters. The van der Waals surface area contributed by atoms with E-state index >= 15 is 0 Å². The zero-order valence-electron chi connectivity index (χ0n) is 15.6.